The summed E-state index contributed by atoms with van der Waals surface area (Å²) in [5.74, 6) is -0.261. The Hall–Kier alpha value is -1.20. The van der Waals surface area contributed by atoms with Crippen LogP contribution in [0.2, 0.25) is 0 Å². The van der Waals surface area contributed by atoms with Gasteiger partial charge in [-0.25, -0.2) is 9.37 Å². The zero-order valence-corrected chi connectivity index (χ0v) is 11.0. The molecular weight excluding hydrogens is 285 g/mol. The number of aromatic nitrogens is 2. The monoisotopic (exact) mass is 297 g/mol. The Kier molecular flexibility index (Phi) is 3.59. The maximum Gasteiger partial charge on any atom is 0.124 e. The minimum Gasteiger partial charge on any atom is -0.340 e. The van der Waals surface area contributed by atoms with Gasteiger partial charge in [0.25, 0.3) is 0 Å². The van der Waals surface area contributed by atoms with Gasteiger partial charge >= 0.3 is 0 Å². The third-order valence-corrected chi connectivity index (χ3v) is 2.94. The number of hydrogen-bond acceptors (Lipinski definition) is 2. The van der Waals surface area contributed by atoms with Crippen LogP contribution in [-0.2, 0) is 13.5 Å². The van der Waals surface area contributed by atoms with E-state index >= 15 is 0 Å². The summed E-state index contributed by atoms with van der Waals surface area (Å²) in [5, 5.41) is 0. The molecule has 5 heteroatoms. The number of aryl methyl sites for hydroxylation is 1. The van der Waals surface area contributed by atoms with Crippen molar-refractivity contribution in [2.45, 2.75) is 12.5 Å². The van der Waals surface area contributed by atoms with Crippen molar-refractivity contribution in [3.05, 3.63) is 52.3 Å². The van der Waals surface area contributed by atoms with Crippen molar-refractivity contribution in [3.8, 4) is 0 Å². The van der Waals surface area contributed by atoms with E-state index in [4.69, 9.17) is 5.73 Å². The molecule has 2 N–H and O–H groups in total. The minimum atomic E-state index is -0.261. The van der Waals surface area contributed by atoms with Crippen molar-refractivity contribution >= 4 is 15.9 Å². The second kappa shape index (κ2) is 4.98. The van der Waals surface area contributed by atoms with E-state index < -0.39 is 0 Å². The first-order valence-electron chi connectivity index (χ1n) is 5.23. The molecule has 1 heterocycles. The Morgan fingerprint density at radius 1 is 1.47 bits per heavy atom. The van der Waals surface area contributed by atoms with Gasteiger partial charge in [0.1, 0.15) is 5.82 Å². The summed E-state index contributed by atoms with van der Waals surface area (Å²) in [7, 11) is 1.89. The second-order valence-corrected chi connectivity index (χ2v) is 4.97. The van der Waals surface area contributed by atoms with E-state index in [0.29, 0.717) is 6.42 Å². The van der Waals surface area contributed by atoms with Crippen molar-refractivity contribution in [2.75, 3.05) is 0 Å². The highest BCUT2D eigenvalue weighted by atomic mass is 79.9. The molecule has 90 valence electrons. The van der Waals surface area contributed by atoms with Gasteiger partial charge in [0.15, 0.2) is 0 Å². The average Bonchev–Trinajstić information content (AvgIpc) is 2.63. The van der Waals surface area contributed by atoms with Crippen LogP contribution in [0.3, 0.4) is 0 Å². The number of nitrogens with two attached hydrogens (primary N) is 1. The van der Waals surface area contributed by atoms with E-state index in [9.17, 15) is 4.39 Å². The van der Waals surface area contributed by atoms with Gasteiger partial charge in [0.05, 0.1) is 18.1 Å². The summed E-state index contributed by atoms with van der Waals surface area (Å²) < 4.78 is 15.8. The number of nitrogens with zero attached hydrogens (tertiary/aromatic N) is 2. The molecule has 0 fully saturated rings. The van der Waals surface area contributed by atoms with Crippen molar-refractivity contribution in [2.24, 2.45) is 12.8 Å². The van der Waals surface area contributed by atoms with Gasteiger partial charge in [-0.2, -0.15) is 0 Å². The lowest BCUT2D eigenvalue weighted by Crippen LogP contribution is -2.13. The molecule has 2 aromatic rings. The molecule has 0 aliphatic rings. The first kappa shape index (κ1) is 12.3. The number of imidazole rings is 1. The Morgan fingerprint density at radius 3 is 2.82 bits per heavy atom. The molecule has 0 spiro atoms. The molecule has 0 saturated carbocycles. The molecule has 0 aliphatic carbocycles. The molecule has 3 nitrogen and oxygen atoms in total. The minimum absolute atomic E-state index is 0.218. The van der Waals surface area contributed by atoms with Gasteiger partial charge in [0, 0.05) is 17.7 Å². The van der Waals surface area contributed by atoms with E-state index in [2.05, 4.69) is 20.9 Å². The Labute approximate surface area is 108 Å². The summed E-state index contributed by atoms with van der Waals surface area (Å²) in [4.78, 5) is 4.19. The quantitative estimate of drug-likeness (QED) is 0.946. The van der Waals surface area contributed by atoms with Crippen molar-refractivity contribution in [1.82, 2.24) is 9.55 Å². The molecule has 17 heavy (non-hydrogen) atoms. The fourth-order valence-electron chi connectivity index (χ4n) is 1.71. The normalized spacial score (nSPS) is 12.7. The zero-order valence-electron chi connectivity index (χ0n) is 9.40. The van der Waals surface area contributed by atoms with Crippen LogP contribution in [0.25, 0.3) is 0 Å². The van der Waals surface area contributed by atoms with Crippen LogP contribution in [0.4, 0.5) is 4.39 Å². The molecule has 1 aromatic heterocycles. The molecule has 0 bridgehead atoms. The van der Waals surface area contributed by atoms with E-state index in [1.165, 1.54) is 12.1 Å². The van der Waals surface area contributed by atoms with Gasteiger partial charge in [-0.1, -0.05) is 15.9 Å². The van der Waals surface area contributed by atoms with Crippen molar-refractivity contribution < 1.29 is 4.39 Å². The Balaban J connectivity index is 2.15. The Bertz CT molecular complexity index is 504. The van der Waals surface area contributed by atoms with Crippen molar-refractivity contribution in [1.29, 1.82) is 0 Å². The zero-order chi connectivity index (χ0) is 12.4. The molecular formula is C12H13BrFN3. The van der Waals surface area contributed by atoms with Crippen LogP contribution < -0.4 is 5.73 Å². The summed E-state index contributed by atoms with van der Waals surface area (Å²) in [5.41, 5.74) is 7.70. The molecule has 1 aromatic carbocycles. The molecule has 0 amide bonds. The van der Waals surface area contributed by atoms with E-state index in [-0.39, 0.29) is 11.9 Å². The third-order valence-electron chi connectivity index (χ3n) is 2.48. The smallest absolute Gasteiger partial charge is 0.124 e. The maximum absolute atomic E-state index is 13.2. The number of benzene rings is 1. The van der Waals surface area contributed by atoms with Gasteiger partial charge in [-0.15, -0.1) is 0 Å². The SMILES string of the molecule is Cn1cnc(C(N)Cc2cc(F)cc(Br)c2)c1. The predicted molar refractivity (Wildman–Crippen MR) is 67.9 cm³/mol. The molecule has 1 atom stereocenters. The lowest BCUT2D eigenvalue weighted by Gasteiger charge is -2.09. The summed E-state index contributed by atoms with van der Waals surface area (Å²) in [6.45, 7) is 0. The topological polar surface area (TPSA) is 43.8 Å². The highest BCUT2D eigenvalue weighted by Crippen LogP contribution is 2.19. The fraction of sp³-hybridized carbons (Fsp3) is 0.250. The molecule has 1 unspecified atom stereocenters. The summed E-state index contributed by atoms with van der Waals surface area (Å²) in [6.07, 6.45) is 4.14. The molecule has 0 radical (unpaired) electrons. The lowest BCUT2D eigenvalue weighted by atomic mass is 10.0. The highest BCUT2D eigenvalue weighted by molar-refractivity contribution is 9.10. The van der Waals surface area contributed by atoms with Gasteiger partial charge in [-0.05, 0) is 30.2 Å². The number of rotatable bonds is 3. The standard InChI is InChI=1S/C12H13BrFN3/c1-17-6-12(16-7-17)11(15)4-8-2-9(13)5-10(14)3-8/h2-3,5-7,11H,4,15H2,1H3. The van der Waals surface area contributed by atoms with Crippen LogP contribution >= 0.6 is 15.9 Å². The van der Waals surface area contributed by atoms with Gasteiger partial charge in [-0.3, -0.25) is 0 Å². The van der Waals surface area contributed by atoms with Crippen LogP contribution in [0, 0.1) is 5.82 Å². The fourth-order valence-corrected chi connectivity index (χ4v) is 2.22. The number of hydrogen-bond donors (Lipinski definition) is 1. The molecule has 2 rings (SSSR count). The van der Waals surface area contributed by atoms with Crippen LogP contribution in [-0.4, -0.2) is 9.55 Å². The van der Waals surface area contributed by atoms with Crippen molar-refractivity contribution in [3.63, 3.8) is 0 Å². The van der Waals surface area contributed by atoms with E-state index in [1.807, 2.05) is 23.9 Å². The summed E-state index contributed by atoms with van der Waals surface area (Å²) in [6, 6.07) is 4.57. The first-order chi connectivity index (χ1) is 8.04. The number of halogens is 2. The van der Waals surface area contributed by atoms with E-state index in [1.54, 1.807) is 6.33 Å². The average molecular weight is 298 g/mol. The summed E-state index contributed by atoms with van der Waals surface area (Å²) >= 11 is 3.26. The van der Waals surface area contributed by atoms with Gasteiger partial charge in [0.2, 0.25) is 0 Å². The van der Waals surface area contributed by atoms with Crippen LogP contribution in [0.15, 0.2) is 35.2 Å². The lowest BCUT2D eigenvalue weighted by molar-refractivity contribution is 0.620. The van der Waals surface area contributed by atoms with Gasteiger partial charge < -0.3 is 10.3 Å². The van der Waals surface area contributed by atoms with Crippen LogP contribution in [0.1, 0.15) is 17.3 Å². The molecule has 0 aliphatic heterocycles. The van der Waals surface area contributed by atoms with Crippen LogP contribution in [0.5, 0.6) is 0 Å². The predicted octanol–water partition coefficient (Wildman–Crippen LogP) is 2.56. The highest BCUT2D eigenvalue weighted by Gasteiger charge is 2.10. The Morgan fingerprint density at radius 2 is 2.24 bits per heavy atom. The third kappa shape index (κ3) is 3.14. The van der Waals surface area contributed by atoms with E-state index in [0.717, 1.165) is 15.7 Å². The first-order valence-corrected chi connectivity index (χ1v) is 6.02. The largest absolute Gasteiger partial charge is 0.340 e. The molecule has 0 saturated heterocycles. The second-order valence-electron chi connectivity index (χ2n) is 4.05. The maximum atomic E-state index is 13.2.